The summed E-state index contributed by atoms with van der Waals surface area (Å²) in [6, 6.07) is 1.62. The van der Waals surface area contributed by atoms with Gasteiger partial charge >= 0.3 is 0 Å². The Kier molecular flexibility index (Phi) is 2.66. The number of amidine groups is 1. The van der Waals surface area contributed by atoms with Crippen molar-refractivity contribution in [3.05, 3.63) is 18.0 Å². The van der Waals surface area contributed by atoms with Crippen LogP contribution < -0.4 is 10.6 Å². The van der Waals surface area contributed by atoms with Crippen LogP contribution in [0.15, 0.2) is 17.4 Å². The summed E-state index contributed by atoms with van der Waals surface area (Å²) in [5.74, 6) is 0.662. The summed E-state index contributed by atoms with van der Waals surface area (Å²) in [5.41, 5.74) is 5.91. The number of nitrogens with zero attached hydrogens (tertiary/aromatic N) is 4. The maximum Gasteiger partial charge on any atom is 0.225 e. The average molecular weight is 207 g/mol. The summed E-state index contributed by atoms with van der Waals surface area (Å²) < 4.78 is 0. The van der Waals surface area contributed by atoms with Crippen LogP contribution in [0.4, 0.5) is 5.95 Å². The maximum absolute atomic E-state index is 8.53. The Balaban J connectivity index is 2.25. The smallest absolute Gasteiger partial charge is 0.225 e. The van der Waals surface area contributed by atoms with E-state index >= 15 is 0 Å². The first-order chi connectivity index (χ1) is 7.31. The Morgan fingerprint density at radius 3 is 2.87 bits per heavy atom. The first kappa shape index (κ1) is 9.70. The quantitative estimate of drug-likeness (QED) is 0.312. The zero-order chi connectivity index (χ0) is 10.7. The third-order valence-corrected chi connectivity index (χ3v) is 2.40. The van der Waals surface area contributed by atoms with Gasteiger partial charge in [0.15, 0.2) is 5.84 Å². The minimum Gasteiger partial charge on any atom is -0.409 e. The molecule has 1 aromatic heterocycles. The van der Waals surface area contributed by atoms with Gasteiger partial charge in [0.25, 0.3) is 0 Å². The van der Waals surface area contributed by atoms with Gasteiger partial charge in [0.1, 0.15) is 5.69 Å². The molecule has 3 N–H and O–H groups in total. The molecule has 1 saturated heterocycles. The Bertz CT molecular complexity index is 373. The van der Waals surface area contributed by atoms with Gasteiger partial charge in [0.05, 0.1) is 0 Å². The standard InChI is InChI=1S/C9H13N5O/c10-8(13-15)7-3-4-11-9(12-7)14-5-1-2-6-14/h3-4,15H,1-2,5-6H2,(H2,10,13). The molecule has 1 aromatic rings. The van der Waals surface area contributed by atoms with Gasteiger partial charge in [-0.2, -0.15) is 0 Å². The molecule has 6 nitrogen and oxygen atoms in total. The van der Waals surface area contributed by atoms with Crippen molar-refractivity contribution in [3.8, 4) is 0 Å². The molecule has 0 spiro atoms. The predicted molar refractivity (Wildman–Crippen MR) is 56.0 cm³/mol. The van der Waals surface area contributed by atoms with E-state index in [1.54, 1.807) is 12.3 Å². The van der Waals surface area contributed by atoms with Crippen molar-refractivity contribution in [3.63, 3.8) is 0 Å². The van der Waals surface area contributed by atoms with Crippen LogP contribution in [-0.2, 0) is 0 Å². The molecule has 15 heavy (non-hydrogen) atoms. The number of aromatic nitrogens is 2. The highest BCUT2D eigenvalue weighted by Crippen LogP contribution is 2.14. The fraction of sp³-hybridized carbons (Fsp3) is 0.444. The van der Waals surface area contributed by atoms with Crippen molar-refractivity contribution in [1.29, 1.82) is 0 Å². The topological polar surface area (TPSA) is 87.6 Å². The number of rotatable bonds is 2. The van der Waals surface area contributed by atoms with Crippen LogP contribution in [0, 0.1) is 0 Å². The molecule has 0 unspecified atom stereocenters. The molecule has 0 saturated carbocycles. The van der Waals surface area contributed by atoms with Crippen LogP contribution in [0.5, 0.6) is 0 Å². The summed E-state index contributed by atoms with van der Waals surface area (Å²) in [6.07, 6.45) is 3.95. The van der Waals surface area contributed by atoms with Crippen molar-refractivity contribution in [2.45, 2.75) is 12.8 Å². The van der Waals surface area contributed by atoms with Crippen LogP contribution in [0.3, 0.4) is 0 Å². The summed E-state index contributed by atoms with van der Waals surface area (Å²) in [6.45, 7) is 1.94. The van der Waals surface area contributed by atoms with Gasteiger partial charge < -0.3 is 15.8 Å². The van der Waals surface area contributed by atoms with E-state index in [2.05, 4.69) is 20.0 Å². The highest BCUT2D eigenvalue weighted by molar-refractivity contribution is 5.95. The van der Waals surface area contributed by atoms with E-state index in [-0.39, 0.29) is 5.84 Å². The molecule has 0 aliphatic carbocycles. The Hall–Kier alpha value is -1.85. The summed E-state index contributed by atoms with van der Waals surface area (Å²) in [7, 11) is 0. The van der Waals surface area contributed by atoms with E-state index < -0.39 is 0 Å². The Morgan fingerprint density at radius 2 is 2.20 bits per heavy atom. The van der Waals surface area contributed by atoms with Crippen molar-refractivity contribution < 1.29 is 5.21 Å². The molecule has 1 fully saturated rings. The minimum absolute atomic E-state index is 0.0119. The first-order valence-corrected chi connectivity index (χ1v) is 4.87. The molecular formula is C9H13N5O. The molecule has 1 aliphatic heterocycles. The molecule has 2 heterocycles. The van der Waals surface area contributed by atoms with Crippen LogP contribution in [0.2, 0.25) is 0 Å². The van der Waals surface area contributed by atoms with Crippen LogP contribution in [0.1, 0.15) is 18.5 Å². The lowest BCUT2D eigenvalue weighted by atomic mass is 10.4. The SMILES string of the molecule is N/C(=N/O)c1ccnc(N2CCCC2)n1. The largest absolute Gasteiger partial charge is 0.409 e. The lowest BCUT2D eigenvalue weighted by Gasteiger charge is -2.14. The van der Waals surface area contributed by atoms with Crippen molar-refractivity contribution in [2.75, 3.05) is 18.0 Å². The fourth-order valence-corrected chi connectivity index (χ4v) is 1.61. The average Bonchev–Trinajstić information content (AvgIpc) is 2.82. The third-order valence-electron chi connectivity index (χ3n) is 2.40. The van der Waals surface area contributed by atoms with Crippen LogP contribution in [0.25, 0.3) is 0 Å². The monoisotopic (exact) mass is 207 g/mol. The Morgan fingerprint density at radius 1 is 1.47 bits per heavy atom. The predicted octanol–water partition coefficient (Wildman–Crippen LogP) is 0.171. The second-order valence-electron chi connectivity index (χ2n) is 3.42. The van der Waals surface area contributed by atoms with Gasteiger partial charge in [-0.25, -0.2) is 9.97 Å². The molecule has 6 heteroatoms. The molecule has 1 aliphatic rings. The molecule has 2 rings (SSSR count). The van der Waals surface area contributed by atoms with E-state index in [1.807, 2.05) is 0 Å². The van der Waals surface area contributed by atoms with E-state index in [9.17, 15) is 0 Å². The van der Waals surface area contributed by atoms with Gasteiger partial charge in [0, 0.05) is 19.3 Å². The van der Waals surface area contributed by atoms with Crippen molar-refractivity contribution in [2.24, 2.45) is 10.9 Å². The van der Waals surface area contributed by atoms with Crippen LogP contribution in [-0.4, -0.2) is 34.1 Å². The van der Waals surface area contributed by atoms with Gasteiger partial charge in [-0.15, -0.1) is 0 Å². The van der Waals surface area contributed by atoms with Gasteiger partial charge in [-0.3, -0.25) is 0 Å². The lowest BCUT2D eigenvalue weighted by molar-refractivity contribution is 0.318. The number of hydrogen-bond acceptors (Lipinski definition) is 5. The minimum atomic E-state index is 0.0119. The maximum atomic E-state index is 8.53. The number of hydrogen-bond donors (Lipinski definition) is 2. The highest BCUT2D eigenvalue weighted by Gasteiger charge is 2.15. The number of anilines is 1. The fourth-order valence-electron chi connectivity index (χ4n) is 1.61. The molecule has 80 valence electrons. The molecule has 0 atom stereocenters. The lowest BCUT2D eigenvalue weighted by Crippen LogP contribution is -2.23. The second kappa shape index (κ2) is 4.12. The normalized spacial score (nSPS) is 17.1. The zero-order valence-corrected chi connectivity index (χ0v) is 8.30. The number of oxime groups is 1. The van der Waals surface area contributed by atoms with E-state index in [1.165, 1.54) is 0 Å². The number of nitrogens with two attached hydrogens (primary N) is 1. The van der Waals surface area contributed by atoms with Crippen LogP contribution >= 0.6 is 0 Å². The Labute approximate surface area is 87.4 Å². The van der Waals surface area contributed by atoms with E-state index in [0.717, 1.165) is 25.9 Å². The summed E-state index contributed by atoms with van der Waals surface area (Å²) in [5, 5.41) is 11.4. The molecule has 0 bridgehead atoms. The summed E-state index contributed by atoms with van der Waals surface area (Å²) in [4.78, 5) is 10.5. The van der Waals surface area contributed by atoms with E-state index in [0.29, 0.717) is 11.6 Å². The van der Waals surface area contributed by atoms with E-state index in [4.69, 9.17) is 10.9 Å². The zero-order valence-electron chi connectivity index (χ0n) is 8.30. The summed E-state index contributed by atoms with van der Waals surface area (Å²) >= 11 is 0. The van der Waals surface area contributed by atoms with Crippen molar-refractivity contribution >= 4 is 11.8 Å². The van der Waals surface area contributed by atoms with Gasteiger partial charge in [-0.1, -0.05) is 5.16 Å². The van der Waals surface area contributed by atoms with Gasteiger partial charge in [0.2, 0.25) is 5.95 Å². The molecule has 0 amide bonds. The van der Waals surface area contributed by atoms with Gasteiger partial charge in [-0.05, 0) is 18.9 Å². The third kappa shape index (κ3) is 1.98. The molecule has 0 aromatic carbocycles. The highest BCUT2D eigenvalue weighted by atomic mass is 16.4. The second-order valence-corrected chi connectivity index (χ2v) is 3.42. The molecule has 0 radical (unpaired) electrons. The molecular weight excluding hydrogens is 194 g/mol. The first-order valence-electron chi connectivity index (χ1n) is 4.87. The van der Waals surface area contributed by atoms with Crippen molar-refractivity contribution in [1.82, 2.24) is 9.97 Å².